The molecule has 27 heavy (non-hydrogen) atoms. The third-order valence-corrected chi connectivity index (χ3v) is 4.80. The van der Waals surface area contributed by atoms with Crippen LogP contribution < -0.4 is 15.0 Å². The molecule has 0 aliphatic carbocycles. The number of hydrogen-bond acceptors (Lipinski definition) is 5. The van der Waals surface area contributed by atoms with Crippen molar-refractivity contribution in [2.75, 3.05) is 23.9 Å². The smallest absolute Gasteiger partial charge is 0.273 e. The second kappa shape index (κ2) is 7.75. The van der Waals surface area contributed by atoms with Gasteiger partial charge in [-0.25, -0.2) is 0 Å². The molecule has 1 aliphatic heterocycles. The maximum atomic E-state index is 12.5. The normalized spacial score (nSPS) is 16.3. The van der Waals surface area contributed by atoms with E-state index in [1.165, 1.54) is 30.2 Å². The zero-order valence-corrected chi connectivity index (χ0v) is 15.9. The molecule has 9 heteroatoms. The molecule has 1 heterocycles. The quantitative estimate of drug-likeness (QED) is 0.575. The van der Waals surface area contributed by atoms with Gasteiger partial charge in [-0.1, -0.05) is 15.9 Å². The number of amides is 2. The van der Waals surface area contributed by atoms with Crippen molar-refractivity contribution in [3.05, 3.63) is 57.1 Å². The molecule has 0 spiro atoms. The van der Waals surface area contributed by atoms with Crippen LogP contribution in [0.15, 0.2) is 46.9 Å². The van der Waals surface area contributed by atoms with Crippen molar-refractivity contribution in [2.24, 2.45) is 5.92 Å². The van der Waals surface area contributed by atoms with Crippen LogP contribution in [-0.4, -0.2) is 30.4 Å². The summed E-state index contributed by atoms with van der Waals surface area (Å²) in [5.74, 6) is -0.806. The van der Waals surface area contributed by atoms with Crippen LogP contribution in [0.2, 0.25) is 0 Å². The van der Waals surface area contributed by atoms with Crippen LogP contribution in [-0.2, 0) is 9.59 Å². The summed E-state index contributed by atoms with van der Waals surface area (Å²) in [6, 6.07) is 11.2. The van der Waals surface area contributed by atoms with E-state index in [-0.39, 0.29) is 36.2 Å². The second-order valence-corrected chi connectivity index (χ2v) is 6.93. The lowest BCUT2D eigenvalue weighted by molar-refractivity contribution is -0.384. The zero-order valence-electron chi connectivity index (χ0n) is 14.3. The minimum atomic E-state index is -0.535. The van der Waals surface area contributed by atoms with Gasteiger partial charge in [0.1, 0.15) is 5.75 Å². The Morgan fingerprint density at radius 2 is 2.00 bits per heavy atom. The average molecular weight is 434 g/mol. The molecule has 140 valence electrons. The Morgan fingerprint density at radius 1 is 1.30 bits per heavy atom. The van der Waals surface area contributed by atoms with Gasteiger partial charge in [0, 0.05) is 29.2 Å². The van der Waals surface area contributed by atoms with Crippen molar-refractivity contribution in [1.82, 2.24) is 0 Å². The number of hydrogen-bond donors (Lipinski definition) is 1. The molecule has 1 atom stereocenters. The first kappa shape index (κ1) is 18.8. The van der Waals surface area contributed by atoms with Gasteiger partial charge in [0.05, 0.1) is 29.7 Å². The molecule has 0 unspecified atom stereocenters. The molecule has 1 saturated heterocycles. The average Bonchev–Trinajstić information content (AvgIpc) is 3.04. The van der Waals surface area contributed by atoms with Crippen LogP contribution in [0.5, 0.6) is 5.75 Å². The number of ether oxygens (including phenoxy) is 1. The standard InChI is InChI=1S/C18H16BrN3O5/c1-27-16-9-14(22(25)26)6-7-15(16)21-10-11(8-17(21)23)18(24)20-13-4-2-12(19)3-5-13/h2-7,9,11H,8,10H2,1H3,(H,20,24)/t11-/m1/s1. The summed E-state index contributed by atoms with van der Waals surface area (Å²) < 4.78 is 6.09. The molecule has 2 amide bonds. The second-order valence-electron chi connectivity index (χ2n) is 6.01. The number of carbonyl (C=O) groups excluding carboxylic acids is 2. The van der Waals surface area contributed by atoms with Crippen molar-refractivity contribution < 1.29 is 19.2 Å². The fourth-order valence-corrected chi connectivity index (χ4v) is 3.16. The molecule has 2 aromatic rings. The lowest BCUT2D eigenvalue weighted by atomic mass is 10.1. The predicted octanol–water partition coefficient (Wildman–Crippen LogP) is 3.36. The highest BCUT2D eigenvalue weighted by Gasteiger charge is 2.36. The Kier molecular flexibility index (Phi) is 5.41. The van der Waals surface area contributed by atoms with Crippen LogP contribution in [0.1, 0.15) is 6.42 Å². The van der Waals surface area contributed by atoms with Gasteiger partial charge in [-0.05, 0) is 30.3 Å². The van der Waals surface area contributed by atoms with Crippen molar-refractivity contribution in [3.63, 3.8) is 0 Å². The Labute approximate surface area is 163 Å². The van der Waals surface area contributed by atoms with E-state index in [0.717, 1.165) is 4.47 Å². The molecule has 0 radical (unpaired) electrons. The summed E-state index contributed by atoms with van der Waals surface area (Å²) in [5, 5.41) is 13.7. The summed E-state index contributed by atoms with van der Waals surface area (Å²) in [6.45, 7) is 0.176. The first-order valence-corrected chi connectivity index (χ1v) is 8.87. The number of non-ortho nitro benzene ring substituents is 1. The van der Waals surface area contributed by atoms with Gasteiger partial charge < -0.3 is 15.0 Å². The van der Waals surface area contributed by atoms with E-state index >= 15 is 0 Å². The van der Waals surface area contributed by atoms with E-state index in [1.807, 2.05) is 12.1 Å². The molecular weight excluding hydrogens is 418 g/mol. The van der Waals surface area contributed by atoms with Gasteiger partial charge in [-0.3, -0.25) is 19.7 Å². The SMILES string of the molecule is COc1cc([N+](=O)[O-])ccc1N1C[C@H](C(=O)Nc2ccc(Br)cc2)CC1=O. The Bertz CT molecular complexity index is 900. The number of halogens is 1. The number of carbonyl (C=O) groups is 2. The third-order valence-electron chi connectivity index (χ3n) is 4.27. The number of nitrogens with zero attached hydrogens (tertiary/aromatic N) is 2. The van der Waals surface area contributed by atoms with E-state index in [4.69, 9.17) is 4.74 Å². The lowest BCUT2D eigenvalue weighted by Crippen LogP contribution is -2.28. The topological polar surface area (TPSA) is 102 Å². The van der Waals surface area contributed by atoms with Gasteiger partial charge in [0.2, 0.25) is 11.8 Å². The van der Waals surface area contributed by atoms with Gasteiger partial charge in [0.15, 0.2) is 0 Å². The molecule has 1 N–H and O–H groups in total. The van der Waals surface area contributed by atoms with Gasteiger partial charge in [-0.15, -0.1) is 0 Å². The summed E-state index contributed by atoms with van der Waals surface area (Å²) >= 11 is 3.33. The highest BCUT2D eigenvalue weighted by atomic mass is 79.9. The highest BCUT2D eigenvalue weighted by molar-refractivity contribution is 9.10. The Hall–Kier alpha value is -2.94. The van der Waals surface area contributed by atoms with E-state index in [2.05, 4.69) is 21.2 Å². The van der Waals surface area contributed by atoms with Crippen molar-refractivity contribution in [2.45, 2.75) is 6.42 Å². The fraction of sp³-hybridized carbons (Fsp3) is 0.222. The number of nitrogens with one attached hydrogen (secondary N) is 1. The maximum Gasteiger partial charge on any atom is 0.273 e. The number of methoxy groups -OCH3 is 1. The molecule has 1 aliphatic rings. The molecule has 3 rings (SSSR count). The number of benzene rings is 2. The largest absolute Gasteiger partial charge is 0.494 e. The van der Waals surface area contributed by atoms with Crippen LogP contribution in [0.3, 0.4) is 0 Å². The number of anilines is 2. The van der Waals surface area contributed by atoms with Crippen LogP contribution in [0.25, 0.3) is 0 Å². The van der Waals surface area contributed by atoms with Crippen molar-refractivity contribution >= 4 is 44.8 Å². The predicted molar refractivity (Wildman–Crippen MR) is 103 cm³/mol. The highest BCUT2D eigenvalue weighted by Crippen LogP contribution is 2.36. The first-order valence-electron chi connectivity index (χ1n) is 8.08. The molecule has 8 nitrogen and oxygen atoms in total. The zero-order chi connectivity index (χ0) is 19.6. The number of nitro groups is 1. The van der Waals surface area contributed by atoms with E-state index in [0.29, 0.717) is 11.4 Å². The summed E-state index contributed by atoms with van der Waals surface area (Å²) in [6.07, 6.45) is 0.0580. The summed E-state index contributed by atoms with van der Waals surface area (Å²) in [4.78, 5) is 36.7. The Balaban J connectivity index is 1.76. The minimum Gasteiger partial charge on any atom is -0.494 e. The molecule has 0 aromatic heterocycles. The Morgan fingerprint density at radius 3 is 2.63 bits per heavy atom. The molecule has 1 fully saturated rings. The van der Waals surface area contributed by atoms with Gasteiger partial charge >= 0.3 is 0 Å². The fourth-order valence-electron chi connectivity index (χ4n) is 2.90. The molecule has 2 aromatic carbocycles. The molecule has 0 bridgehead atoms. The third kappa shape index (κ3) is 4.08. The lowest BCUT2D eigenvalue weighted by Gasteiger charge is -2.19. The van der Waals surface area contributed by atoms with E-state index in [1.54, 1.807) is 12.1 Å². The monoisotopic (exact) mass is 433 g/mol. The molecular formula is C18H16BrN3O5. The van der Waals surface area contributed by atoms with Gasteiger partial charge in [-0.2, -0.15) is 0 Å². The summed E-state index contributed by atoms with van der Waals surface area (Å²) in [5.41, 5.74) is 0.917. The van der Waals surface area contributed by atoms with Crippen molar-refractivity contribution in [3.8, 4) is 5.75 Å². The first-order chi connectivity index (χ1) is 12.9. The molecule has 0 saturated carbocycles. The van der Waals surface area contributed by atoms with Crippen LogP contribution in [0.4, 0.5) is 17.1 Å². The maximum absolute atomic E-state index is 12.5. The summed E-state index contributed by atoms with van der Waals surface area (Å²) in [7, 11) is 1.38. The van der Waals surface area contributed by atoms with Gasteiger partial charge in [0.25, 0.3) is 5.69 Å². The van der Waals surface area contributed by atoms with Crippen molar-refractivity contribution in [1.29, 1.82) is 0 Å². The van der Waals surface area contributed by atoms with E-state index in [9.17, 15) is 19.7 Å². The van der Waals surface area contributed by atoms with Crippen LogP contribution in [0, 0.1) is 16.0 Å². The number of rotatable bonds is 5. The van der Waals surface area contributed by atoms with E-state index < -0.39 is 10.8 Å². The van der Waals surface area contributed by atoms with Crippen LogP contribution >= 0.6 is 15.9 Å². The number of nitro benzene ring substituents is 1. The minimum absolute atomic E-state index is 0.0580.